The summed E-state index contributed by atoms with van der Waals surface area (Å²) in [4.78, 5) is 34.0. The maximum atomic E-state index is 13.4. The molecular formula is C17H14F4N6O2. The lowest BCUT2D eigenvalue weighted by Gasteiger charge is -2.15. The second-order valence-corrected chi connectivity index (χ2v) is 6.61. The molecule has 29 heavy (non-hydrogen) atoms. The second kappa shape index (κ2) is 6.94. The summed E-state index contributed by atoms with van der Waals surface area (Å²) in [7, 11) is 0. The number of rotatable bonds is 3. The Kier molecular flexibility index (Phi) is 4.55. The number of hydrogen-bond acceptors (Lipinski definition) is 5. The van der Waals surface area contributed by atoms with Crippen LogP contribution in [0.2, 0.25) is 0 Å². The van der Waals surface area contributed by atoms with Crippen LogP contribution in [0.5, 0.6) is 0 Å². The SMILES string of the molecule is O=C(c1cncc2nn(Cc3ccc(C(F)(F)F)nc3)c(=O)n12)N1CCC(F)C1. The van der Waals surface area contributed by atoms with Crippen LogP contribution in [0.4, 0.5) is 17.6 Å². The zero-order valence-corrected chi connectivity index (χ0v) is 14.8. The van der Waals surface area contributed by atoms with E-state index in [1.165, 1.54) is 23.4 Å². The lowest BCUT2D eigenvalue weighted by molar-refractivity contribution is -0.141. The van der Waals surface area contributed by atoms with Crippen molar-refractivity contribution in [3.63, 3.8) is 0 Å². The highest BCUT2D eigenvalue weighted by Crippen LogP contribution is 2.27. The third-order valence-electron chi connectivity index (χ3n) is 4.58. The fraction of sp³-hybridized carbons (Fsp3) is 0.353. The average molecular weight is 410 g/mol. The zero-order chi connectivity index (χ0) is 20.8. The van der Waals surface area contributed by atoms with Crippen molar-refractivity contribution in [3.8, 4) is 0 Å². The Balaban J connectivity index is 1.66. The molecule has 4 rings (SSSR count). The van der Waals surface area contributed by atoms with Crippen LogP contribution in [0.25, 0.3) is 5.65 Å². The van der Waals surface area contributed by atoms with Crippen molar-refractivity contribution in [2.75, 3.05) is 13.1 Å². The summed E-state index contributed by atoms with van der Waals surface area (Å²) in [6, 6.07) is 2.01. The van der Waals surface area contributed by atoms with Crippen LogP contribution in [-0.4, -0.2) is 54.2 Å². The van der Waals surface area contributed by atoms with E-state index < -0.39 is 29.6 Å². The van der Waals surface area contributed by atoms with Gasteiger partial charge in [-0.15, -0.1) is 5.10 Å². The molecule has 4 heterocycles. The minimum Gasteiger partial charge on any atom is -0.334 e. The van der Waals surface area contributed by atoms with Crippen molar-refractivity contribution < 1.29 is 22.4 Å². The zero-order valence-electron chi connectivity index (χ0n) is 14.8. The molecule has 1 aliphatic heterocycles. The molecule has 152 valence electrons. The Hall–Kier alpha value is -3.31. The lowest BCUT2D eigenvalue weighted by Crippen LogP contribution is -2.33. The number of pyridine rings is 1. The molecule has 0 spiro atoms. The highest BCUT2D eigenvalue weighted by atomic mass is 19.4. The van der Waals surface area contributed by atoms with Crippen LogP contribution < -0.4 is 5.69 Å². The Morgan fingerprint density at radius 2 is 2.00 bits per heavy atom. The average Bonchev–Trinajstić information content (AvgIpc) is 3.25. The molecule has 0 aliphatic carbocycles. The first-order valence-electron chi connectivity index (χ1n) is 8.63. The molecule has 1 amide bonds. The van der Waals surface area contributed by atoms with Crippen LogP contribution in [0.3, 0.4) is 0 Å². The molecule has 0 radical (unpaired) electrons. The lowest BCUT2D eigenvalue weighted by atomic mass is 10.2. The van der Waals surface area contributed by atoms with Gasteiger partial charge in [-0.05, 0) is 18.1 Å². The molecule has 0 bridgehead atoms. The maximum Gasteiger partial charge on any atom is 0.433 e. The molecule has 12 heteroatoms. The number of likely N-dealkylation sites (tertiary alicyclic amines) is 1. The van der Waals surface area contributed by atoms with Gasteiger partial charge in [0.1, 0.15) is 17.6 Å². The smallest absolute Gasteiger partial charge is 0.334 e. The highest BCUT2D eigenvalue weighted by Gasteiger charge is 2.32. The van der Waals surface area contributed by atoms with Crippen molar-refractivity contribution in [2.24, 2.45) is 0 Å². The van der Waals surface area contributed by atoms with Gasteiger partial charge in [0.25, 0.3) is 5.91 Å². The molecule has 3 aromatic heterocycles. The molecule has 0 N–H and O–H groups in total. The number of amides is 1. The summed E-state index contributed by atoms with van der Waals surface area (Å²) >= 11 is 0. The Labute approximate surface area is 160 Å². The maximum absolute atomic E-state index is 13.4. The summed E-state index contributed by atoms with van der Waals surface area (Å²) in [5.41, 5.74) is -1.35. The fourth-order valence-corrected chi connectivity index (χ4v) is 3.14. The Bertz CT molecular complexity index is 1120. The van der Waals surface area contributed by atoms with Gasteiger partial charge in [-0.25, -0.2) is 18.3 Å². The normalized spacial score (nSPS) is 17.2. The number of aromatic nitrogens is 5. The summed E-state index contributed by atoms with van der Waals surface area (Å²) in [5, 5.41) is 4.07. The van der Waals surface area contributed by atoms with E-state index >= 15 is 0 Å². The first kappa shape index (κ1) is 19.0. The molecule has 1 saturated heterocycles. The van der Waals surface area contributed by atoms with Gasteiger partial charge in [0.2, 0.25) is 0 Å². The van der Waals surface area contributed by atoms with Gasteiger partial charge in [-0.3, -0.25) is 14.8 Å². The van der Waals surface area contributed by atoms with E-state index in [9.17, 15) is 27.2 Å². The number of hydrogen-bond donors (Lipinski definition) is 0. The van der Waals surface area contributed by atoms with E-state index in [-0.39, 0.29) is 37.4 Å². The van der Waals surface area contributed by atoms with Gasteiger partial charge < -0.3 is 4.90 Å². The van der Waals surface area contributed by atoms with Gasteiger partial charge >= 0.3 is 11.9 Å². The van der Waals surface area contributed by atoms with Gasteiger partial charge in [-0.1, -0.05) is 6.07 Å². The number of fused-ring (bicyclic) bond motifs is 1. The molecule has 3 aromatic rings. The van der Waals surface area contributed by atoms with Crippen LogP contribution in [0.1, 0.15) is 28.2 Å². The van der Waals surface area contributed by atoms with Crippen LogP contribution in [0.15, 0.2) is 35.5 Å². The molecule has 1 unspecified atom stereocenters. The highest BCUT2D eigenvalue weighted by molar-refractivity contribution is 5.93. The monoisotopic (exact) mass is 410 g/mol. The molecular weight excluding hydrogens is 396 g/mol. The van der Waals surface area contributed by atoms with E-state index in [0.717, 1.165) is 21.3 Å². The molecule has 0 saturated carbocycles. The van der Waals surface area contributed by atoms with Gasteiger partial charge in [0, 0.05) is 12.7 Å². The van der Waals surface area contributed by atoms with Gasteiger partial charge in [0.05, 0.1) is 25.5 Å². The number of alkyl halides is 4. The van der Waals surface area contributed by atoms with Crippen molar-refractivity contribution in [1.82, 2.24) is 29.0 Å². The van der Waals surface area contributed by atoms with Crippen molar-refractivity contribution in [3.05, 3.63) is 58.2 Å². The number of carbonyl (C=O) groups is 1. The number of halogens is 4. The summed E-state index contributed by atoms with van der Waals surface area (Å²) in [6.07, 6.45) is -1.96. The van der Waals surface area contributed by atoms with Crippen LogP contribution in [0, 0.1) is 0 Å². The molecule has 1 atom stereocenters. The largest absolute Gasteiger partial charge is 0.433 e. The minimum absolute atomic E-state index is 0.0570. The summed E-state index contributed by atoms with van der Waals surface area (Å²) in [6.45, 7) is 0.0291. The second-order valence-electron chi connectivity index (χ2n) is 6.61. The third kappa shape index (κ3) is 3.57. The fourth-order valence-electron chi connectivity index (χ4n) is 3.14. The third-order valence-corrected chi connectivity index (χ3v) is 4.58. The first-order valence-corrected chi connectivity index (χ1v) is 8.63. The first-order chi connectivity index (χ1) is 13.7. The minimum atomic E-state index is -4.56. The van der Waals surface area contributed by atoms with E-state index in [4.69, 9.17) is 0 Å². The quantitative estimate of drug-likeness (QED) is 0.612. The predicted octanol–water partition coefficient (Wildman–Crippen LogP) is 1.54. The van der Waals surface area contributed by atoms with Crippen LogP contribution >= 0.6 is 0 Å². The predicted molar refractivity (Wildman–Crippen MR) is 91.0 cm³/mol. The number of nitrogens with zero attached hydrogens (tertiary/aromatic N) is 6. The van der Waals surface area contributed by atoms with E-state index in [0.29, 0.717) is 5.56 Å². The summed E-state index contributed by atoms with van der Waals surface area (Å²) < 4.78 is 53.3. The summed E-state index contributed by atoms with van der Waals surface area (Å²) in [5.74, 6) is -0.541. The standard InChI is InChI=1S/C17H14F4N6O2/c18-11-3-4-25(9-11)15(28)12-6-22-7-14-24-26(16(29)27(12)14)8-10-1-2-13(23-5-10)17(19,20)21/h1-2,5-7,11H,3-4,8-9H2. The Morgan fingerprint density at radius 1 is 1.21 bits per heavy atom. The van der Waals surface area contributed by atoms with Crippen molar-refractivity contribution >= 4 is 11.6 Å². The van der Waals surface area contributed by atoms with Gasteiger partial charge in [0.15, 0.2) is 5.65 Å². The molecule has 1 fully saturated rings. The van der Waals surface area contributed by atoms with Crippen molar-refractivity contribution in [2.45, 2.75) is 25.3 Å². The molecule has 1 aliphatic rings. The van der Waals surface area contributed by atoms with E-state index in [1.807, 2.05) is 0 Å². The molecule has 8 nitrogen and oxygen atoms in total. The van der Waals surface area contributed by atoms with Gasteiger partial charge in [-0.2, -0.15) is 13.2 Å². The Morgan fingerprint density at radius 3 is 2.62 bits per heavy atom. The van der Waals surface area contributed by atoms with Crippen molar-refractivity contribution in [1.29, 1.82) is 0 Å². The number of carbonyl (C=O) groups excluding carboxylic acids is 1. The van der Waals surface area contributed by atoms with E-state index in [1.54, 1.807) is 0 Å². The topological polar surface area (TPSA) is 85.4 Å². The molecule has 0 aromatic carbocycles. The van der Waals surface area contributed by atoms with E-state index in [2.05, 4.69) is 15.1 Å². The van der Waals surface area contributed by atoms with Crippen LogP contribution in [-0.2, 0) is 12.7 Å².